The van der Waals surface area contributed by atoms with Crippen LogP contribution in [0.5, 0.6) is 11.5 Å². The number of fused-ring (bicyclic) bond motifs is 1. The number of rotatable bonds is 7. The number of carboxylic acid groups (broad SMARTS) is 1. The summed E-state index contributed by atoms with van der Waals surface area (Å²) in [6.07, 6.45) is 0.613. The number of phenolic OH excluding ortho intramolecular Hbond substituents is 1. The Labute approximate surface area is 177 Å². The number of alkyl halides is 2. The SMILES string of the molecule is CCC(C)[C@H](C(=O)O)c1c(C)n(C(=O)c2ccc(OC(F)F)cc2)c2ccc(O)cc12. The molecule has 164 valence electrons. The fraction of sp³-hybridized carbons (Fsp3) is 0.304. The highest BCUT2D eigenvalue weighted by molar-refractivity contribution is 6.05. The molecule has 0 saturated heterocycles. The van der Waals surface area contributed by atoms with Gasteiger partial charge < -0.3 is 14.9 Å². The largest absolute Gasteiger partial charge is 0.508 e. The maximum absolute atomic E-state index is 13.3. The molecule has 0 aliphatic heterocycles. The number of aromatic nitrogens is 1. The molecule has 0 saturated carbocycles. The van der Waals surface area contributed by atoms with Crippen molar-refractivity contribution in [3.8, 4) is 11.5 Å². The number of hydrogen-bond donors (Lipinski definition) is 2. The van der Waals surface area contributed by atoms with Crippen molar-refractivity contribution in [1.82, 2.24) is 4.57 Å². The molecule has 3 rings (SSSR count). The minimum absolute atomic E-state index is 0.0415. The summed E-state index contributed by atoms with van der Waals surface area (Å²) in [5.74, 6) is -2.66. The zero-order valence-corrected chi connectivity index (χ0v) is 17.3. The van der Waals surface area contributed by atoms with Crippen LogP contribution in [-0.4, -0.2) is 33.3 Å². The summed E-state index contributed by atoms with van der Waals surface area (Å²) in [6, 6.07) is 9.72. The molecule has 3 aromatic rings. The second kappa shape index (κ2) is 8.75. The highest BCUT2D eigenvalue weighted by Crippen LogP contribution is 2.38. The third-order valence-electron chi connectivity index (χ3n) is 5.56. The molecule has 2 N–H and O–H groups in total. The molecule has 0 aliphatic carbocycles. The van der Waals surface area contributed by atoms with Gasteiger partial charge in [0.2, 0.25) is 0 Å². The molecule has 1 aromatic heterocycles. The first-order valence-electron chi connectivity index (χ1n) is 9.82. The van der Waals surface area contributed by atoms with Crippen LogP contribution in [0.15, 0.2) is 42.5 Å². The summed E-state index contributed by atoms with van der Waals surface area (Å²) in [7, 11) is 0. The predicted octanol–water partition coefficient (Wildman–Crippen LogP) is 5.16. The summed E-state index contributed by atoms with van der Waals surface area (Å²) in [6.45, 7) is 2.41. The second-order valence-corrected chi connectivity index (χ2v) is 7.45. The van der Waals surface area contributed by atoms with Crippen LogP contribution in [0.3, 0.4) is 0 Å². The Hall–Kier alpha value is -3.42. The van der Waals surface area contributed by atoms with Gasteiger partial charge in [-0.3, -0.25) is 14.2 Å². The van der Waals surface area contributed by atoms with Crippen LogP contribution in [0.25, 0.3) is 10.9 Å². The normalized spacial score (nSPS) is 13.4. The van der Waals surface area contributed by atoms with Crippen molar-refractivity contribution in [3.05, 3.63) is 59.3 Å². The number of hydrogen-bond acceptors (Lipinski definition) is 4. The van der Waals surface area contributed by atoms with E-state index in [1.165, 1.54) is 41.0 Å². The zero-order chi connectivity index (χ0) is 22.9. The minimum atomic E-state index is -2.97. The molecular formula is C23H23F2NO5. The van der Waals surface area contributed by atoms with E-state index in [2.05, 4.69) is 4.74 Å². The number of nitrogens with zero attached hydrogens (tertiary/aromatic N) is 1. The Morgan fingerprint density at radius 1 is 1.13 bits per heavy atom. The lowest BCUT2D eigenvalue weighted by Gasteiger charge is -2.20. The van der Waals surface area contributed by atoms with Crippen LogP contribution in [0.4, 0.5) is 8.78 Å². The zero-order valence-electron chi connectivity index (χ0n) is 17.3. The molecule has 2 aromatic carbocycles. The van der Waals surface area contributed by atoms with Gasteiger partial charge in [-0.1, -0.05) is 20.3 Å². The van der Waals surface area contributed by atoms with Crippen LogP contribution in [0.2, 0.25) is 0 Å². The average Bonchev–Trinajstić information content (AvgIpc) is 2.98. The molecular weight excluding hydrogens is 408 g/mol. The van der Waals surface area contributed by atoms with Gasteiger partial charge in [-0.25, -0.2) is 0 Å². The average molecular weight is 431 g/mol. The van der Waals surface area contributed by atoms with Crippen LogP contribution >= 0.6 is 0 Å². The number of halogens is 2. The number of benzene rings is 2. The lowest BCUT2D eigenvalue weighted by molar-refractivity contribution is -0.140. The molecule has 0 radical (unpaired) electrons. The molecule has 0 fully saturated rings. The molecule has 0 aliphatic rings. The van der Waals surface area contributed by atoms with Crippen LogP contribution in [-0.2, 0) is 4.79 Å². The van der Waals surface area contributed by atoms with Crippen molar-refractivity contribution in [3.63, 3.8) is 0 Å². The van der Waals surface area contributed by atoms with Crippen molar-refractivity contribution in [2.75, 3.05) is 0 Å². The smallest absolute Gasteiger partial charge is 0.387 e. The summed E-state index contributed by atoms with van der Waals surface area (Å²) in [5, 5.41) is 20.4. The molecule has 31 heavy (non-hydrogen) atoms. The van der Waals surface area contributed by atoms with Crippen molar-refractivity contribution in [2.24, 2.45) is 5.92 Å². The van der Waals surface area contributed by atoms with Crippen molar-refractivity contribution < 1.29 is 33.3 Å². The van der Waals surface area contributed by atoms with Gasteiger partial charge in [0.15, 0.2) is 0 Å². The van der Waals surface area contributed by atoms with E-state index in [9.17, 15) is 28.6 Å². The van der Waals surface area contributed by atoms with Crippen LogP contribution in [0, 0.1) is 12.8 Å². The van der Waals surface area contributed by atoms with Crippen molar-refractivity contribution >= 4 is 22.8 Å². The third kappa shape index (κ3) is 4.23. The van der Waals surface area contributed by atoms with E-state index in [1.807, 2.05) is 13.8 Å². The Morgan fingerprint density at radius 3 is 2.32 bits per heavy atom. The van der Waals surface area contributed by atoms with Gasteiger partial charge in [0.1, 0.15) is 11.5 Å². The molecule has 1 heterocycles. The van der Waals surface area contributed by atoms with E-state index >= 15 is 0 Å². The Bertz CT molecular complexity index is 1120. The highest BCUT2D eigenvalue weighted by atomic mass is 19.3. The first kappa shape index (κ1) is 22.3. The first-order chi connectivity index (χ1) is 14.6. The van der Waals surface area contributed by atoms with E-state index in [-0.39, 0.29) is 23.0 Å². The number of ether oxygens (including phenoxy) is 1. The molecule has 0 bridgehead atoms. The summed E-state index contributed by atoms with van der Waals surface area (Å²) < 4.78 is 30.5. The van der Waals surface area contributed by atoms with Gasteiger partial charge in [0.05, 0.1) is 11.4 Å². The van der Waals surface area contributed by atoms with Gasteiger partial charge in [-0.15, -0.1) is 0 Å². The maximum atomic E-state index is 13.3. The number of carbonyl (C=O) groups excluding carboxylic acids is 1. The van der Waals surface area contributed by atoms with Gasteiger partial charge in [0.25, 0.3) is 5.91 Å². The van der Waals surface area contributed by atoms with Crippen LogP contribution < -0.4 is 4.74 Å². The van der Waals surface area contributed by atoms with Gasteiger partial charge in [0, 0.05) is 16.6 Å². The van der Waals surface area contributed by atoms with Crippen molar-refractivity contribution in [1.29, 1.82) is 0 Å². The quantitative estimate of drug-likeness (QED) is 0.539. The van der Waals surface area contributed by atoms with Gasteiger partial charge in [-0.2, -0.15) is 8.78 Å². The fourth-order valence-corrected chi connectivity index (χ4v) is 3.88. The molecule has 8 heteroatoms. The van der Waals surface area contributed by atoms with E-state index in [1.54, 1.807) is 13.0 Å². The number of aromatic hydroxyl groups is 1. The van der Waals surface area contributed by atoms with Gasteiger partial charge in [-0.05, 0) is 60.9 Å². The lowest BCUT2D eigenvalue weighted by atomic mass is 9.84. The van der Waals surface area contributed by atoms with Crippen LogP contribution in [0.1, 0.15) is 47.8 Å². The van der Waals surface area contributed by atoms with Gasteiger partial charge >= 0.3 is 12.6 Å². The Kier molecular flexibility index (Phi) is 6.29. The molecule has 6 nitrogen and oxygen atoms in total. The standard InChI is InChI=1S/C23H23F2NO5/c1-4-12(2)19(22(29)30)20-13(3)26(18-10-7-15(27)11-17(18)20)21(28)14-5-8-16(9-6-14)31-23(24)25/h5-12,19,23,27H,4H2,1-3H3,(H,29,30)/t12?,19-/m0/s1. The summed E-state index contributed by atoms with van der Waals surface area (Å²) >= 11 is 0. The Balaban J connectivity index is 2.18. The molecule has 2 atom stereocenters. The summed E-state index contributed by atoms with van der Waals surface area (Å²) in [5.41, 5.74) is 1.60. The topological polar surface area (TPSA) is 88.8 Å². The predicted molar refractivity (Wildman–Crippen MR) is 111 cm³/mol. The third-order valence-corrected chi connectivity index (χ3v) is 5.56. The second-order valence-electron chi connectivity index (χ2n) is 7.45. The number of phenols is 1. The summed E-state index contributed by atoms with van der Waals surface area (Å²) in [4.78, 5) is 25.4. The number of aliphatic carboxylic acids is 1. The number of carboxylic acids is 1. The molecule has 0 spiro atoms. The number of carbonyl (C=O) groups is 2. The molecule has 1 unspecified atom stereocenters. The monoisotopic (exact) mass is 431 g/mol. The van der Waals surface area contributed by atoms with Crippen molar-refractivity contribution in [2.45, 2.75) is 39.7 Å². The molecule has 0 amide bonds. The lowest BCUT2D eigenvalue weighted by Crippen LogP contribution is -2.21. The Morgan fingerprint density at radius 2 is 1.77 bits per heavy atom. The van der Waals surface area contributed by atoms with E-state index in [0.717, 1.165) is 0 Å². The first-order valence-corrected chi connectivity index (χ1v) is 9.82. The minimum Gasteiger partial charge on any atom is -0.508 e. The van der Waals surface area contributed by atoms with E-state index in [4.69, 9.17) is 0 Å². The fourth-order valence-electron chi connectivity index (χ4n) is 3.88. The van der Waals surface area contributed by atoms with E-state index in [0.29, 0.717) is 28.6 Å². The highest BCUT2D eigenvalue weighted by Gasteiger charge is 2.32. The van der Waals surface area contributed by atoms with E-state index < -0.39 is 24.4 Å². The maximum Gasteiger partial charge on any atom is 0.387 e.